The van der Waals surface area contributed by atoms with Crippen molar-refractivity contribution in [3.8, 4) is 5.75 Å². The molecule has 0 saturated carbocycles. The van der Waals surface area contributed by atoms with Crippen LogP contribution in [0.5, 0.6) is 5.75 Å². The number of aromatic nitrogens is 2. The predicted octanol–water partition coefficient (Wildman–Crippen LogP) is 3.12. The smallest absolute Gasteiger partial charge is 0.275 e. The SMILES string of the molecule is CN1C[C@H](Nc2nc3sccn3c(=O)c2Br)C[C@H](c2ccc(O)cc2)C1. The first kappa shape index (κ1) is 17.5. The maximum atomic E-state index is 12.4. The number of likely N-dealkylation sites (tertiary alicyclic amines) is 1. The maximum Gasteiger partial charge on any atom is 0.275 e. The number of nitrogens with zero attached hydrogens (tertiary/aromatic N) is 3. The molecule has 136 valence electrons. The van der Waals surface area contributed by atoms with E-state index in [1.165, 1.54) is 16.9 Å². The minimum atomic E-state index is -0.0991. The van der Waals surface area contributed by atoms with Crippen molar-refractivity contribution in [3.05, 3.63) is 56.2 Å². The highest BCUT2D eigenvalue weighted by Gasteiger charge is 2.27. The van der Waals surface area contributed by atoms with Gasteiger partial charge in [-0.15, -0.1) is 11.3 Å². The summed E-state index contributed by atoms with van der Waals surface area (Å²) in [6, 6.07) is 7.60. The van der Waals surface area contributed by atoms with E-state index < -0.39 is 0 Å². The van der Waals surface area contributed by atoms with Gasteiger partial charge in [0.25, 0.3) is 5.56 Å². The molecular formula is C18H19BrN4O2S. The van der Waals surface area contributed by atoms with Crippen molar-refractivity contribution < 1.29 is 5.11 Å². The first-order valence-corrected chi connectivity index (χ1v) is 10.1. The highest BCUT2D eigenvalue weighted by atomic mass is 79.9. The number of benzene rings is 1. The number of hydrogen-bond donors (Lipinski definition) is 2. The van der Waals surface area contributed by atoms with Crippen LogP contribution >= 0.6 is 27.3 Å². The van der Waals surface area contributed by atoms with Crippen molar-refractivity contribution in [2.24, 2.45) is 0 Å². The van der Waals surface area contributed by atoms with Crippen LogP contribution in [0.4, 0.5) is 5.82 Å². The summed E-state index contributed by atoms with van der Waals surface area (Å²) in [5, 5.41) is 14.8. The van der Waals surface area contributed by atoms with E-state index in [0.717, 1.165) is 19.5 Å². The molecule has 2 N–H and O–H groups in total. The van der Waals surface area contributed by atoms with E-state index in [2.05, 4.69) is 38.2 Å². The fraction of sp³-hybridized carbons (Fsp3) is 0.333. The summed E-state index contributed by atoms with van der Waals surface area (Å²) in [7, 11) is 2.10. The summed E-state index contributed by atoms with van der Waals surface area (Å²) in [6.07, 6.45) is 2.67. The summed E-state index contributed by atoms with van der Waals surface area (Å²) >= 11 is 4.84. The van der Waals surface area contributed by atoms with E-state index in [-0.39, 0.29) is 17.4 Å². The summed E-state index contributed by atoms with van der Waals surface area (Å²) in [6.45, 7) is 1.84. The van der Waals surface area contributed by atoms with Crippen molar-refractivity contribution in [3.63, 3.8) is 0 Å². The number of anilines is 1. The number of piperidine rings is 1. The molecule has 26 heavy (non-hydrogen) atoms. The quantitative estimate of drug-likeness (QED) is 0.662. The minimum Gasteiger partial charge on any atom is -0.508 e. The lowest BCUT2D eigenvalue weighted by molar-refractivity contribution is 0.235. The zero-order chi connectivity index (χ0) is 18.3. The lowest BCUT2D eigenvalue weighted by Crippen LogP contribution is -2.43. The normalized spacial score (nSPS) is 21.2. The van der Waals surface area contributed by atoms with Crippen molar-refractivity contribution in [1.82, 2.24) is 14.3 Å². The van der Waals surface area contributed by atoms with Gasteiger partial charge in [0.05, 0.1) is 0 Å². The van der Waals surface area contributed by atoms with Crippen LogP contribution in [-0.2, 0) is 0 Å². The van der Waals surface area contributed by atoms with Gasteiger partial charge in [0.1, 0.15) is 16.0 Å². The molecule has 0 bridgehead atoms. The topological polar surface area (TPSA) is 69.9 Å². The second-order valence-electron chi connectivity index (χ2n) is 6.72. The van der Waals surface area contributed by atoms with Crippen molar-refractivity contribution in [2.45, 2.75) is 18.4 Å². The third-order valence-electron chi connectivity index (χ3n) is 4.75. The van der Waals surface area contributed by atoms with Gasteiger partial charge in [0.15, 0.2) is 4.96 Å². The molecule has 0 radical (unpaired) electrons. The van der Waals surface area contributed by atoms with Crippen LogP contribution in [0.25, 0.3) is 4.96 Å². The summed E-state index contributed by atoms with van der Waals surface area (Å²) < 4.78 is 2.01. The molecule has 2 aromatic heterocycles. The van der Waals surface area contributed by atoms with E-state index in [4.69, 9.17) is 0 Å². The van der Waals surface area contributed by atoms with Gasteiger partial charge in [0, 0.05) is 30.7 Å². The van der Waals surface area contributed by atoms with E-state index in [1.807, 2.05) is 17.5 Å². The van der Waals surface area contributed by atoms with Gasteiger partial charge in [-0.25, -0.2) is 4.98 Å². The second kappa shape index (κ2) is 7.02. The molecule has 6 nitrogen and oxygen atoms in total. The Morgan fingerprint density at radius 1 is 1.31 bits per heavy atom. The molecule has 0 spiro atoms. The number of fused-ring (bicyclic) bond motifs is 1. The lowest BCUT2D eigenvalue weighted by Gasteiger charge is -2.36. The Kier molecular flexibility index (Phi) is 4.73. The molecule has 1 saturated heterocycles. The average Bonchev–Trinajstić information content (AvgIpc) is 3.08. The second-order valence-corrected chi connectivity index (χ2v) is 8.39. The van der Waals surface area contributed by atoms with Crippen molar-refractivity contribution >= 4 is 38.0 Å². The number of thiazole rings is 1. The predicted molar refractivity (Wildman–Crippen MR) is 107 cm³/mol. The molecule has 1 aromatic carbocycles. The maximum absolute atomic E-state index is 12.4. The molecular weight excluding hydrogens is 416 g/mol. The molecule has 0 aliphatic carbocycles. The number of phenols is 1. The zero-order valence-corrected chi connectivity index (χ0v) is 16.6. The number of phenolic OH excluding ortho intramolecular Hbond substituents is 1. The standard InChI is InChI=1S/C18H19BrN4O2S/c1-22-9-12(11-2-4-14(24)5-3-11)8-13(10-22)20-16-15(19)17(25)23-6-7-26-18(23)21-16/h2-7,12-13,20,24H,8-10H2,1H3/t12-,13+/m0/s1. The van der Waals surface area contributed by atoms with Crippen LogP contribution in [-0.4, -0.2) is 45.6 Å². The van der Waals surface area contributed by atoms with Crippen molar-refractivity contribution in [1.29, 1.82) is 0 Å². The average molecular weight is 435 g/mol. The van der Waals surface area contributed by atoms with Gasteiger partial charge >= 0.3 is 0 Å². The number of hydrogen-bond acceptors (Lipinski definition) is 6. The van der Waals surface area contributed by atoms with Gasteiger partial charge in [-0.05, 0) is 53.0 Å². The van der Waals surface area contributed by atoms with Gasteiger partial charge in [-0.2, -0.15) is 0 Å². The molecule has 1 aliphatic heterocycles. The van der Waals surface area contributed by atoms with E-state index in [0.29, 0.717) is 21.2 Å². The van der Waals surface area contributed by atoms with Gasteiger partial charge in [-0.1, -0.05) is 12.1 Å². The molecule has 1 aliphatic rings. The van der Waals surface area contributed by atoms with Crippen LogP contribution in [0.3, 0.4) is 0 Å². The van der Waals surface area contributed by atoms with Gasteiger partial charge in [-0.3, -0.25) is 9.20 Å². The van der Waals surface area contributed by atoms with Gasteiger partial charge in [0.2, 0.25) is 0 Å². The van der Waals surface area contributed by atoms with Crippen LogP contribution in [0.15, 0.2) is 45.1 Å². The molecule has 4 rings (SSSR count). The van der Waals surface area contributed by atoms with Crippen molar-refractivity contribution in [2.75, 3.05) is 25.5 Å². The minimum absolute atomic E-state index is 0.0991. The Balaban J connectivity index is 1.58. The Morgan fingerprint density at radius 2 is 2.08 bits per heavy atom. The molecule has 1 fully saturated rings. The third-order valence-corrected chi connectivity index (χ3v) is 6.22. The van der Waals surface area contributed by atoms with Crippen LogP contribution in [0, 0.1) is 0 Å². The number of halogens is 1. The molecule has 3 aromatic rings. The number of likely N-dealkylation sites (N-methyl/N-ethyl adjacent to an activating group) is 1. The fourth-order valence-electron chi connectivity index (χ4n) is 3.56. The monoisotopic (exact) mass is 434 g/mol. The van der Waals surface area contributed by atoms with Crippen LogP contribution < -0.4 is 10.9 Å². The highest BCUT2D eigenvalue weighted by molar-refractivity contribution is 9.10. The molecule has 0 unspecified atom stereocenters. The van der Waals surface area contributed by atoms with Crippen LogP contribution in [0.1, 0.15) is 17.9 Å². The van der Waals surface area contributed by atoms with Gasteiger partial charge < -0.3 is 15.3 Å². The van der Waals surface area contributed by atoms with Crippen LogP contribution in [0.2, 0.25) is 0 Å². The number of rotatable bonds is 3. The third kappa shape index (κ3) is 3.36. The number of nitrogens with one attached hydrogen (secondary N) is 1. The lowest BCUT2D eigenvalue weighted by atomic mass is 9.88. The Labute approximate surface area is 163 Å². The number of aromatic hydroxyl groups is 1. The van der Waals surface area contributed by atoms with E-state index >= 15 is 0 Å². The summed E-state index contributed by atoms with van der Waals surface area (Å²) in [5.41, 5.74) is 1.11. The highest BCUT2D eigenvalue weighted by Crippen LogP contribution is 2.30. The Morgan fingerprint density at radius 3 is 2.85 bits per heavy atom. The first-order valence-electron chi connectivity index (χ1n) is 8.40. The largest absolute Gasteiger partial charge is 0.508 e. The molecule has 0 amide bonds. The fourth-order valence-corrected chi connectivity index (χ4v) is 4.66. The zero-order valence-electron chi connectivity index (χ0n) is 14.2. The van der Waals surface area contributed by atoms with E-state index in [9.17, 15) is 9.90 Å². The molecule has 8 heteroatoms. The summed E-state index contributed by atoms with van der Waals surface area (Å²) in [5.74, 6) is 1.24. The summed E-state index contributed by atoms with van der Waals surface area (Å²) in [4.78, 5) is 20.0. The Bertz CT molecular complexity index is 985. The Hall–Kier alpha value is -1.90. The molecule has 2 atom stereocenters. The molecule has 3 heterocycles. The first-order chi connectivity index (χ1) is 12.5. The van der Waals surface area contributed by atoms with E-state index in [1.54, 1.807) is 22.7 Å².